The van der Waals surface area contributed by atoms with Gasteiger partial charge in [0.15, 0.2) is 0 Å². The molecule has 33 heavy (non-hydrogen) atoms. The van der Waals surface area contributed by atoms with Crippen molar-refractivity contribution in [2.45, 2.75) is 46.0 Å². The number of hydrogen-bond donors (Lipinski definition) is 3. The predicted molar refractivity (Wildman–Crippen MR) is 120 cm³/mol. The summed E-state index contributed by atoms with van der Waals surface area (Å²) in [5, 5.41) is 13.9. The third-order valence-corrected chi connectivity index (χ3v) is 4.32. The quantitative estimate of drug-likeness (QED) is 0.180. The number of rotatable bonds is 23. The topological polar surface area (TPSA) is 149 Å². The molecule has 0 aliphatic carbocycles. The second-order valence-corrected chi connectivity index (χ2v) is 7.38. The fourth-order valence-corrected chi connectivity index (χ4v) is 2.53. The maximum Gasteiger partial charge on any atom is 0.304 e. The van der Waals surface area contributed by atoms with Crippen LogP contribution < -0.4 is 10.6 Å². The Kier molecular flexibility index (Phi) is 20.4. The molecule has 0 radical (unpaired) electrons. The molecule has 0 saturated carbocycles. The number of carbonyl (C=O) groups is 4. The minimum absolute atomic E-state index is 0.108. The van der Waals surface area contributed by atoms with Crippen LogP contribution in [0.15, 0.2) is 0 Å². The SMILES string of the molecule is CCCC(=O)CCOCCOCCOCCOCCNC(=O)CCNC(=O)C(C)CC(=O)O. The highest BCUT2D eigenvalue weighted by molar-refractivity contribution is 5.83. The van der Waals surface area contributed by atoms with Crippen LogP contribution in [0, 0.1) is 5.92 Å². The summed E-state index contributed by atoms with van der Waals surface area (Å²) in [6.45, 7) is 7.34. The molecule has 0 aliphatic heterocycles. The maximum atomic E-state index is 11.7. The lowest BCUT2D eigenvalue weighted by molar-refractivity contribution is -0.140. The summed E-state index contributed by atoms with van der Waals surface area (Å²) in [7, 11) is 0. The van der Waals surface area contributed by atoms with Gasteiger partial charge in [-0.05, 0) is 6.42 Å². The number of ether oxygens (including phenoxy) is 4. The molecule has 0 saturated heterocycles. The first-order valence-corrected chi connectivity index (χ1v) is 11.5. The normalized spacial score (nSPS) is 11.7. The third-order valence-electron chi connectivity index (χ3n) is 4.32. The molecule has 0 aromatic rings. The highest BCUT2D eigenvalue weighted by Crippen LogP contribution is 2.01. The zero-order chi connectivity index (χ0) is 24.7. The van der Waals surface area contributed by atoms with Gasteiger partial charge in [-0.2, -0.15) is 0 Å². The molecule has 0 bridgehead atoms. The second-order valence-electron chi connectivity index (χ2n) is 7.38. The maximum absolute atomic E-state index is 11.7. The zero-order valence-corrected chi connectivity index (χ0v) is 19.9. The standard InChI is InChI=1S/C22H40N2O9/c1-3-4-19(25)6-9-30-11-13-32-15-16-33-14-12-31-10-8-23-20(26)5-7-24-22(29)18(2)17-21(27)28/h18H,3-17H2,1-2H3,(H,23,26)(H,24,29)(H,27,28). The Labute approximate surface area is 195 Å². The minimum atomic E-state index is -1.04. The van der Waals surface area contributed by atoms with Crippen LogP contribution in [0.25, 0.3) is 0 Å². The van der Waals surface area contributed by atoms with E-state index < -0.39 is 11.9 Å². The van der Waals surface area contributed by atoms with E-state index in [1.165, 1.54) is 6.92 Å². The lowest BCUT2D eigenvalue weighted by Gasteiger charge is -2.10. The highest BCUT2D eigenvalue weighted by atomic mass is 16.6. The number of aliphatic carboxylic acids is 1. The molecule has 3 N–H and O–H groups in total. The lowest BCUT2D eigenvalue weighted by atomic mass is 10.1. The number of carboxylic acids is 1. The van der Waals surface area contributed by atoms with Gasteiger partial charge < -0.3 is 34.7 Å². The van der Waals surface area contributed by atoms with Crippen molar-refractivity contribution in [3.63, 3.8) is 0 Å². The van der Waals surface area contributed by atoms with Crippen molar-refractivity contribution in [2.24, 2.45) is 5.92 Å². The molecule has 11 nitrogen and oxygen atoms in total. The molecule has 0 aromatic heterocycles. The number of ketones is 1. The largest absolute Gasteiger partial charge is 0.481 e. The molecule has 0 heterocycles. The Hall–Kier alpha value is -2.08. The van der Waals surface area contributed by atoms with E-state index in [0.717, 1.165) is 6.42 Å². The molecular formula is C22H40N2O9. The number of hydrogen-bond acceptors (Lipinski definition) is 8. The Morgan fingerprint density at radius 1 is 0.727 bits per heavy atom. The molecule has 1 atom stereocenters. The van der Waals surface area contributed by atoms with Crippen molar-refractivity contribution in [3.8, 4) is 0 Å². The van der Waals surface area contributed by atoms with Gasteiger partial charge in [0.2, 0.25) is 11.8 Å². The van der Waals surface area contributed by atoms with Gasteiger partial charge in [-0.1, -0.05) is 13.8 Å². The molecule has 0 spiro atoms. The molecule has 0 aromatic carbocycles. The Balaban J connectivity index is 3.34. The molecule has 0 rings (SSSR count). The molecule has 2 amide bonds. The van der Waals surface area contributed by atoms with E-state index in [2.05, 4.69) is 10.6 Å². The van der Waals surface area contributed by atoms with Crippen LogP contribution >= 0.6 is 0 Å². The van der Waals surface area contributed by atoms with Crippen LogP contribution in [0.2, 0.25) is 0 Å². The average molecular weight is 477 g/mol. The molecule has 11 heteroatoms. The smallest absolute Gasteiger partial charge is 0.304 e. The van der Waals surface area contributed by atoms with Crippen LogP contribution in [-0.4, -0.2) is 94.6 Å². The molecule has 192 valence electrons. The van der Waals surface area contributed by atoms with Gasteiger partial charge in [0.05, 0.1) is 59.3 Å². The molecule has 0 aliphatic rings. The number of carbonyl (C=O) groups excluding carboxylic acids is 3. The fraction of sp³-hybridized carbons (Fsp3) is 0.818. The minimum Gasteiger partial charge on any atom is -0.481 e. The van der Waals surface area contributed by atoms with E-state index >= 15 is 0 Å². The van der Waals surface area contributed by atoms with Gasteiger partial charge in [-0.25, -0.2) is 0 Å². The first-order chi connectivity index (χ1) is 15.9. The first kappa shape index (κ1) is 30.9. The van der Waals surface area contributed by atoms with Gasteiger partial charge in [0.25, 0.3) is 0 Å². The molecular weight excluding hydrogens is 436 g/mol. The van der Waals surface area contributed by atoms with E-state index in [1.54, 1.807) is 0 Å². The molecule has 0 fully saturated rings. The van der Waals surface area contributed by atoms with Gasteiger partial charge in [0.1, 0.15) is 5.78 Å². The Morgan fingerprint density at radius 2 is 1.27 bits per heavy atom. The van der Waals surface area contributed by atoms with E-state index in [9.17, 15) is 19.2 Å². The average Bonchev–Trinajstić information content (AvgIpc) is 2.76. The fourth-order valence-electron chi connectivity index (χ4n) is 2.53. The number of amides is 2. The van der Waals surface area contributed by atoms with E-state index in [4.69, 9.17) is 24.1 Å². The zero-order valence-electron chi connectivity index (χ0n) is 19.9. The third kappa shape index (κ3) is 21.5. The molecule has 1 unspecified atom stereocenters. The summed E-state index contributed by atoms with van der Waals surface area (Å²) < 4.78 is 21.4. The number of nitrogens with one attached hydrogen (secondary N) is 2. The van der Waals surface area contributed by atoms with Crippen molar-refractivity contribution < 1.29 is 43.2 Å². The van der Waals surface area contributed by atoms with Gasteiger partial charge >= 0.3 is 5.97 Å². The predicted octanol–water partition coefficient (Wildman–Crippen LogP) is 0.545. The van der Waals surface area contributed by atoms with Crippen LogP contribution in [0.1, 0.15) is 46.0 Å². The highest BCUT2D eigenvalue weighted by Gasteiger charge is 2.16. The monoisotopic (exact) mass is 476 g/mol. The number of Topliss-reactive ketones (excluding diaryl/α,β-unsaturated/α-hetero) is 1. The van der Waals surface area contributed by atoms with Crippen LogP contribution in [0.3, 0.4) is 0 Å². The Bertz CT molecular complexity index is 558. The van der Waals surface area contributed by atoms with Gasteiger partial charge in [-0.15, -0.1) is 0 Å². The van der Waals surface area contributed by atoms with Crippen molar-refractivity contribution in [2.75, 3.05) is 65.9 Å². The van der Waals surface area contributed by atoms with Crippen molar-refractivity contribution >= 4 is 23.6 Å². The summed E-state index contributed by atoms with van der Waals surface area (Å²) in [4.78, 5) is 45.2. The summed E-state index contributed by atoms with van der Waals surface area (Å²) in [6.07, 6.45) is 1.79. The Morgan fingerprint density at radius 3 is 1.82 bits per heavy atom. The van der Waals surface area contributed by atoms with Crippen LogP contribution in [-0.2, 0) is 38.1 Å². The van der Waals surface area contributed by atoms with Crippen molar-refractivity contribution in [3.05, 3.63) is 0 Å². The van der Waals surface area contributed by atoms with E-state index in [0.29, 0.717) is 72.2 Å². The summed E-state index contributed by atoms with van der Waals surface area (Å²) in [5.41, 5.74) is 0. The lowest BCUT2D eigenvalue weighted by Crippen LogP contribution is -2.35. The van der Waals surface area contributed by atoms with Gasteiger partial charge in [-0.3, -0.25) is 19.2 Å². The second kappa shape index (κ2) is 21.7. The number of carboxylic acid groups (broad SMARTS) is 1. The van der Waals surface area contributed by atoms with Gasteiger partial charge in [0, 0.05) is 38.3 Å². The summed E-state index contributed by atoms with van der Waals surface area (Å²) in [5.74, 6) is -2.07. The first-order valence-electron chi connectivity index (χ1n) is 11.5. The van der Waals surface area contributed by atoms with Crippen molar-refractivity contribution in [1.29, 1.82) is 0 Å². The van der Waals surface area contributed by atoms with E-state index in [1.807, 2.05) is 6.92 Å². The van der Waals surface area contributed by atoms with Crippen LogP contribution in [0.4, 0.5) is 0 Å². The van der Waals surface area contributed by atoms with Crippen molar-refractivity contribution in [1.82, 2.24) is 10.6 Å². The van der Waals surface area contributed by atoms with E-state index in [-0.39, 0.29) is 37.0 Å². The summed E-state index contributed by atoms with van der Waals surface area (Å²) in [6, 6.07) is 0. The summed E-state index contributed by atoms with van der Waals surface area (Å²) >= 11 is 0. The van der Waals surface area contributed by atoms with Crippen LogP contribution in [0.5, 0.6) is 0 Å².